The van der Waals surface area contributed by atoms with E-state index >= 15 is 0 Å². The maximum absolute atomic E-state index is 5.95. The lowest BCUT2D eigenvalue weighted by Crippen LogP contribution is -2.32. The lowest BCUT2D eigenvalue weighted by atomic mass is 9.91. The third kappa shape index (κ3) is 3.39. The van der Waals surface area contributed by atoms with Crippen molar-refractivity contribution in [2.24, 2.45) is 5.73 Å². The average Bonchev–Trinajstić information content (AvgIpc) is 2.95. The van der Waals surface area contributed by atoms with Crippen molar-refractivity contribution in [2.75, 3.05) is 5.32 Å². The van der Waals surface area contributed by atoms with Crippen molar-refractivity contribution in [3.05, 3.63) is 48.5 Å². The number of anilines is 1. The van der Waals surface area contributed by atoms with Gasteiger partial charge in [0, 0.05) is 36.7 Å². The Morgan fingerprint density at radius 1 is 1.25 bits per heavy atom. The molecule has 1 aromatic carbocycles. The van der Waals surface area contributed by atoms with Gasteiger partial charge in [-0.25, -0.2) is 4.98 Å². The molecule has 3 N–H and O–H groups in total. The molecule has 0 radical (unpaired) electrons. The van der Waals surface area contributed by atoms with Gasteiger partial charge in [0.25, 0.3) is 0 Å². The minimum atomic E-state index is 0.403. The van der Waals surface area contributed by atoms with Crippen LogP contribution >= 0.6 is 0 Å². The minimum absolute atomic E-state index is 0.403. The zero-order valence-corrected chi connectivity index (χ0v) is 11.7. The molecular weight excluding hydrogens is 248 g/mol. The first-order valence-electron chi connectivity index (χ1n) is 7.36. The van der Waals surface area contributed by atoms with Crippen molar-refractivity contribution in [2.45, 2.75) is 44.3 Å². The van der Waals surface area contributed by atoms with Gasteiger partial charge < -0.3 is 15.6 Å². The molecule has 4 heteroatoms. The fourth-order valence-electron chi connectivity index (χ4n) is 2.85. The highest BCUT2D eigenvalue weighted by Crippen LogP contribution is 2.22. The molecule has 106 valence electrons. The lowest BCUT2D eigenvalue weighted by molar-refractivity contribution is 0.411. The molecule has 0 unspecified atom stereocenters. The lowest BCUT2D eigenvalue weighted by Gasteiger charge is -2.27. The highest BCUT2D eigenvalue weighted by molar-refractivity contribution is 5.46. The summed E-state index contributed by atoms with van der Waals surface area (Å²) in [6.07, 6.45) is 10.3. The summed E-state index contributed by atoms with van der Waals surface area (Å²) in [5, 5.41) is 3.64. The molecule has 0 atom stereocenters. The topological polar surface area (TPSA) is 55.9 Å². The van der Waals surface area contributed by atoms with Gasteiger partial charge in [-0.3, -0.25) is 0 Å². The summed E-state index contributed by atoms with van der Waals surface area (Å²) in [6.45, 7) is 0.866. The number of hydrogen-bond donors (Lipinski definition) is 2. The highest BCUT2D eigenvalue weighted by atomic mass is 15.0. The molecule has 1 fully saturated rings. The molecule has 0 amide bonds. The van der Waals surface area contributed by atoms with E-state index in [1.54, 1.807) is 0 Å². The molecule has 1 aromatic heterocycles. The van der Waals surface area contributed by atoms with E-state index in [4.69, 9.17) is 5.73 Å². The third-order valence-corrected chi connectivity index (χ3v) is 3.99. The van der Waals surface area contributed by atoms with Crippen LogP contribution in [0.15, 0.2) is 43.0 Å². The smallest absolute Gasteiger partial charge is 0.0949 e. The number of imidazole rings is 1. The zero-order chi connectivity index (χ0) is 13.8. The van der Waals surface area contributed by atoms with E-state index in [0.29, 0.717) is 12.1 Å². The zero-order valence-electron chi connectivity index (χ0n) is 11.7. The van der Waals surface area contributed by atoms with Crippen LogP contribution in [0.5, 0.6) is 0 Å². The van der Waals surface area contributed by atoms with Crippen molar-refractivity contribution in [3.63, 3.8) is 0 Å². The molecule has 4 nitrogen and oxygen atoms in total. The predicted molar refractivity (Wildman–Crippen MR) is 81.6 cm³/mol. The molecule has 1 aliphatic carbocycles. The van der Waals surface area contributed by atoms with Crippen LogP contribution in [0, 0.1) is 0 Å². The second kappa shape index (κ2) is 6.09. The largest absolute Gasteiger partial charge is 0.382 e. The van der Waals surface area contributed by atoms with Gasteiger partial charge in [-0.15, -0.1) is 0 Å². The van der Waals surface area contributed by atoms with E-state index in [2.05, 4.69) is 39.1 Å². The van der Waals surface area contributed by atoms with Gasteiger partial charge >= 0.3 is 0 Å². The maximum Gasteiger partial charge on any atom is 0.0949 e. The molecule has 0 spiro atoms. The predicted octanol–water partition coefficient (Wildman–Crippen LogP) is 2.61. The van der Waals surface area contributed by atoms with E-state index in [9.17, 15) is 0 Å². The van der Waals surface area contributed by atoms with E-state index in [-0.39, 0.29) is 0 Å². The van der Waals surface area contributed by atoms with Crippen LogP contribution in [-0.4, -0.2) is 21.6 Å². The van der Waals surface area contributed by atoms with Crippen LogP contribution in [0.3, 0.4) is 0 Å². The fourth-order valence-corrected chi connectivity index (χ4v) is 2.85. The van der Waals surface area contributed by atoms with Crippen LogP contribution < -0.4 is 11.1 Å². The summed E-state index contributed by atoms with van der Waals surface area (Å²) in [4.78, 5) is 4.08. The average molecular weight is 270 g/mol. The Morgan fingerprint density at radius 2 is 2.10 bits per heavy atom. The molecule has 3 rings (SSSR count). The van der Waals surface area contributed by atoms with E-state index in [1.807, 2.05) is 18.7 Å². The second-order valence-electron chi connectivity index (χ2n) is 5.69. The first-order valence-corrected chi connectivity index (χ1v) is 7.36. The van der Waals surface area contributed by atoms with Gasteiger partial charge in [0.05, 0.1) is 6.33 Å². The molecule has 1 aliphatic rings. The van der Waals surface area contributed by atoms with E-state index in [1.165, 1.54) is 24.1 Å². The van der Waals surface area contributed by atoms with E-state index in [0.717, 1.165) is 19.4 Å². The molecule has 1 heterocycles. The molecule has 0 saturated heterocycles. The molecule has 20 heavy (non-hydrogen) atoms. The van der Waals surface area contributed by atoms with E-state index < -0.39 is 0 Å². The maximum atomic E-state index is 5.95. The normalized spacial score (nSPS) is 22.6. The quantitative estimate of drug-likeness (QED) is 0.898. The Labute approximate surface area is 120 Å². The molecule has 0 bridgehead atoms. The number of nitrogens with two attached hydrogens (primary N) is 1. The Balaban J connectivity index is 1.62. The van der Waals surface area contributed by atoms with Gasteiger partial charge in [-0.2, -0.15) is 0 Å². The van der Waals surface area contributed by atoms with Crippen molar-refractivity contribution >= 4 is 5.69 Å². The number of hydrogen-bond acceptors (Lipinski definition) is 3. The monoisotopic (exact) mass is 270 g/mol. The van der Waals surface area contributed by atoms with Gasteiger partial charge in [0.1, 0.15) is 0 Å². The number of nitrogens with one attached hydrogen (secondary N) is 1. The Morgan fingerprint density at radius 3 is 2.85 bits per heavy atom. The Hall–Kier alpha value is -1.81. The summed E-state index contributed by atoms with van der Waals surface area (Å²) in [5.41, 5.74) is 8.46. The SMILES string of the molecule is NC1CCC(Nc2cccc(Cn3ccnc3)c2)CC1. The first-order chi connectivity index (χ1) is 9.79. The van der Waals surface area contributed by atoms with Crippen molar-refractivity contribution < 1.29 is 0 Å². The number of aromatic nitrogens is 2. The summed E-state index contributed by atoms with van der Waals surface area (Å²) in [5.74, 6) is 0. The third-order valence-electron chi connectivity index (χ3n) is 3.99. The van der Waals surface area contributed by atoms with Crippen LogP contribution in [0.25, 0.3) is 0 Å². The summed E-state index contributed by atoms with van der Waals surface area (Å²) in [6, 6.07) is 9.62. The molecule has 1 saturated carbocycles. The second-order valence-corrected chi connectivity index (χ2v) is 5.69. The highest BCUT2D eigenvalue weighted by Gasteiger charge is 2.18. The van der Waals surface area contributed by atoms with Crippen molar-refractivity contribution in [1.29, 1.82) is 0 Å². The van der Waals surface area contributed by atoms with Crippen LogP contribution in [0.1, 0.15) is 31.2 Å². The van der Waals surface area contributed by atoms with Gasteiger partial charge in [0.2, 0.25) is 0 Å². The standard InChI is InChI=1S/C16H22N4/c17-14-4-6-15(7-5-14)19-16-3-1-2-13(10-16)11-20-9-8-18-12-20/h1-3,8-10,12,14-15,19H,4-7,11,17H2. The number of rotatable bonds is 4. The molecule has 0 aliphatic heterocycles. The summed E-state index contributed by atoms with van der Waals surface area (Å²) < 4.78 is 2.08. The van der Waals surface area contributed by atoms with Crippen molar-refractivity contribution in [1.82, 2.24) is 9.55 Å². The van der Waals surface area contributed by atoms with Crippen LogP contribution in [0.2, 0.25) is 0 Å². The fraction of sp³-hybridized carbons (Fsp3) is 0.438. The van der Waals surface area contributed by atoms with Crippen molar-refractivity contribution in [3.8, 4) is 0 Å². The summed E-state index contributed by atoms with van der Waals surface area (Å²) in [7, 11) is 0. The minimum Gasteiger partial charge on any atom is -0.382 e. The first kappa shape index (κ1) is 13.2. The van der Waals surface area contributed by atoms with Crippen LogP contribution in [-0.2, 0) is 6.54 Å². The van der Waals surface area contributed by atoms with Crippen LogP contribution in [0.4, 0.5) is 5.69 Å². The van der Waals surface area contributed by atoms with Gasteiger partial charge in [-0.05, 0) is 43.4 Å². The Bertz CT molecular complexity index is 527. The van der Waals surface area contributed by atoms with Gasteiger partial charge in [0.15, 0.2) is 0 Å². The molecule has 2 aromatic rings. The summed E-state index contributed by atoms with van der Waals surface area (Å²) >= 11 is 0. The van der Waals surface area contributed by atoms with Gasteiger partial charge in [-0.1, -0.05) is 12.1 Å². The number of benzene rings is 1. The Kier molecular flexibility index (Phi) is 4.02. The number of nitrogens with zero attached hydrogens (tertiary/aromatic N) is 2. The molecular formula is C16H22N4.